The van der Waals surface area contributed by atoms with Crippen LogP contribution in [-0.4, -0.2) is 23.2 Å². The molecule has 0 spiro atoms. The van der Waals surface area contributed by atoms with Gasteiger partial charge in [0.1, 0.15) is 10.6 Å². The molecule has 1 N–H and O–H groups in total. The summed E-state index contributed by atoms with van der Waals surface area (Å²) in [7, 11) is -3.76. The maximum atomic E-state index is 12.7. The Bertz CT molecular complexity index is 885. The Morgan fingerprint density at radius 1 is 1.22 bits per heavy atom. The molecule has 2 aromatic heterocycles. The summed E-state index contributed by atoms with van der Waals surface area (Å²) < 4.78 is 29.6. The lowest BCUT2D eigenvalue weighted by molar-refractivity contribution is 0.532. The molecule has 2 heterocycles. The van der Waals surface area contributed by atoms with Crippen LogP contribution in [-0.2, 0) is 10.0 Å². The van der Waals surface area contributed by atoms with Crippen LogP contribution in [0.1, 0.15) is 19.9 Å². The van der Waals surface area contributed by atoms with Gasteiger partial charge in [-0.15, -0.1) is 11.3 Å². The molecule has 1 aromatic carbocycles. The van der Waals surface area contributed by atoms with Crippen LogP contribution in [0.2, 0.25) is 0 Å². The van der Waals surface area contributed by atoms with E-state index in [1.807, 2.05) is 44.2 Å². The summed E-state index contributed by atoms with van der Waals surface area (Å²) in [5.74, 6) is 0. The van der Waals surface area contributed by atoms with Crippen molar-refractivity contribution < 1.29 is 8.42 Å². The number of aromatic nitrogens is 3. The summed E-state index contributed by atoms with van der Waals surface area (Å²) in [6.45, 7) is 3.90. The molecule has 0 atom stereocenters. The molecule has 6 nitrogen and oxygen atoms in total. The number of thiazole rings is 1. The first-order chi connectivity index (χ1) is 11.0. The minimum atomic E-state index is -3.76. The zero-order valence-corrected chi connectivity index (χ0v) is 14.3. The van der Waals surface area contributed by atoms with E-state index in [1.165, 1.54) is 11.3 Å². The van der Waals surface area contributed by atoms with Gasteiger partial charge in [0.05, 0.1) is 0 Å². The van der Waals surface area contributed by atoms with Crippen molar-refractivity contribution in [2.75, 3.05) is 4.72 Å². The van der Waals surface area contributed by atoms with Crippen LogP contribution in [0, 0.1) is 0 Å². The van der Waals surface area contributed by atoms with E-state index in [-0.39, 0.29) is 10.9 Å². The summed E-state index contributed by atoms with van der Waals surface area (Å²) in [6, 6.07) is 9.33. The number of anilines is 1. The Morgan fingerprint density at radius 2 is 1.96 bits per heavy atom. The van der Waals surface area contributed by atoms with Crippen molar-refractivity contribution in [3.63, 3.8) is 0 Å². The number of rotatable bonds is 5. The summed E-state index contributed by atoms with van der Waals surface area (Å²) in [5.41, 5.74) is 1.19. The van der Waals surface area contributed by atoms with E-state index in [9.17, 15) is 8.42 Å². The molecule has 8 heteroatoms. The van der Waals surface area contributed by atoms with Crippen LogP contribution >= 0.6 is 11.3 Å². The number of sulfonamides is 1. The van der Waals surface area contributed by atoms with Crippen LogP contribution in [0.4, 0.5) is 5.13 Å². The number of nitrogens with zero attached hydrogens (tertiary/aromatic N) is 3. The predicted octanol–water partition coefficient (Wildman–Crippen LogP) is 3.39. The second-order valence-corrected chi connectivity index (χ2v) is 7.77. The van der Waals surface area contributed by atoms with Gasteiger partial charge in [0.25, 0.3) is 10.0 Å². The number of hydrogen-bond donors (Lipinski definition) is 1. The van der Waals surface area contributed by atoms with Gasteiger partial charge in [-0.3, -0.25) is 9.40 Å². The van der Waals surface area contributed by atoms with Gasteiger partial charge in [0.2, 0.25) is 0 Å². The topological polar surface area (TPSA) is 76.9 Å². The first-order valence-corrected chi connectivity index (χ1v) is 9.40. The zero-order chi connectivity index (χ0) is 16.4. The van der Waals surface area contributed by atoms with Gasteiger partial charge in [-0.25, -0.2) is 13.4 Å². The molecule has 0 aliphatic heterocycles. The Labute approximate surface area is 138 Å². The van der Waals surface area contributed by atoms with E-state index in [0.29, 0.717) is 10.8 Å². The highest BCUT2D eigenvalue weighted by atomic mass is 32.2. The fraction of sp³-hybridized carbons (Fsp3) is 0.200. The van der Waals surface area contributed by atoms with Gasteiger partial charge < -0.3 is 0 Å². The second-order valence-electron chi connectivity index (χ2n) is 5.22. The smallest absolute Gasteiger partial charge is 0.267 e. The van der Waals surface area contributed by atoms with Gasteiger partial charge in [-0.1, -0.05) is 30.3 Å². The number of hydrogen-bond acceptors (Lipinski definition) is 5. The first-order valence-electron chi connectivity index (χ1n) is 7.04. The average Bonchev–Trinajstić information content (AvgIpc) is 3.17. The number of benzene rings is 1. The molecule has 0 aliphatic rings. The molecular weight excluding hydrogens is 332 g/mol. The van der Waals surface area contributed by atoms with E-state index in [4.69, 9.17) is 0 Å². The highest BCUT2D eigenvalue weighted by Crippen LogP contribution is 2.28. The Balaban J connectivity index is 2.10. The van der Waals surface area contributed by atoms with E-state index in [0.717, 1.165) is 5.56 Å². The van der Waals surface area contributed by atoms with Gasteiger partial charge in [-0.05, 0) is 13.8 Å². The Hall–Kier alpha value is -2.19. The maximum absolute atomic E-state index is 12.7. The fourth-order valence-corrected chi connectivity index (χ4v) is 4.02. The summed E-state index contributed by atoms with van der Waals surface area (Å²) >= 11 is 1.23. The summed E-state index contributed by atoms with van der Waals surface area (Å²) in [4.78, 5) is 4.12. The Morgan fingerprint density at radius 3 is 2.57 bits per heavy atom. The molecule has 0 radical (unpaired) electrons. The van der Waals surface area contributed by atoms with Crippen molar-refractivity contribution in [1.29, 1.82) is 0 Å². The van der Waals surface area contributed by atoms with Gasteiger partial charge in [-0.2, -0.15) is 5.10 Å². The molecule has 3 aromatic rings. The fourth-order valence-electron chi connectivity index (χ4n) is 2.08. The van der Waals surface area contributed by atoms with Crippen LogP contribution in [0.15, 0.2) is 53.0 Å². The Kier molecular flexibility index (Phi) is 4.18. The molecule has 23 heavy (non-hydrogen) atoms. The van der Waals surface area contributed by atoms with Gasteiger partial charge in [0.15, 0.2) is 5.13 Å². The predicted molar refractivity (Wildman–Crippen MR) is 91.0 cm³/mol. The SMILES string of the molecule is CC(C)n1cc(S(=O)(=O)Nc2nccs2)c(-c2ccccc2)n1. The molecule has 0 aliphatic carbocycles. The molecule has 0 unspecified atom stereocenters. The average molecular weight is 348 g/mol. The van der Waals surface area contributed by atoms with Crippen molar-refractivity contribution in [3.05, 3.63) is 48.1 Å². The van der Waals surface area contributed by atoms with E-state index in [1.54, 1.807) is 22.5 Å². The van der Waals surface area contributed by atoms with Gasteiger partial charge >= 0.3 is 0 Å². The molecule has 3 rings (SSSR count). The third-order valence-electron chi connectivity index (χ3n) is 3.22. The van der Waals surface area contributed by atoms with E-state index < -0.39 is 10.0 Å². The lowest BCUT2D eigenvalue weighted by atomic mass is 10.2. The minimum absolute atomic E-state index is 0.0567. The van der Waals surface area contributed by atoms with E-state index >= 15 is 0 Å². The standard InChI is InChI=1S/C15H16N4O2S2/c1-11(2)19-10-13(14(17-19)12-6-4-3-5-7-12)23(20,21)18-15-16-8-9-22-15/h3-11H,1-2H3,(H,16,18). The van der Waals surface area contributed by atoms with Gasteiger partial charge in [0, 0.05) is 29.4 Å². The first kappa shape index (κ1) is 15.7. The quantitative estimate of drug-likeness (QED) is 0.767. The van der Waals surface area contributed by atoms with Crippen LogP contribution in [0.3, 0.4) is 0 Å². The maximum Gasteiger partial charge on any atom is 0.267 e. The molecule has 0 amide bonds. The van der Waals surface area contributed by atoms with Crippen molar-refractivity contribution in [3.8, 4) is 11.3 Å². The second kappa shape index (κ2) is 6.13. The normalized spacial score (nSPS) is 11.8. The largest absolute Gasteiger partial charge is 0.268 e. The van der Waals surface area contributed by atoms with Crippen molar-refractivity contribution >= 4 is 26.5 Å². The highest BCUT2D eigenvalue weighted by Gasteiger charge is 2.25. The zero-order valence-electron chi connectivity index (χ0n) is 12.7. The lowest BCUT2D eigenvalue weighted by Crippen LogP contribution is -2.13. The van der Waals surface area contributed by atoms with Crippen molar-refractivity contribution in [1.82, 2.24) is 14.8 Å². The van der Waals surface area contributed by atoms with Crippen LogP contribution in [0.25, 0.3) is 11.3 Å². The molecule has 0 fully saturated rings. The summed E-state index contributed by atoms with van der Waals surface area (Å²) in [6.07, 6.45) is 3.11. The lowest BCUT2D eigenvalue weighted by Gasteiger charge is -2.05. The van der Waals surface area contributed by atoms with Crippen LogP contribution in [0.5, 0.6) is 0 Å². The molecule has 0 saturated heterocycles. The summed E-state index contributed by atoms with van der Waals surface area (Å²) in [5, 5.41) is 6.51. The highest BCUT2D eigenvalue weighted by molar-refractivity contribution is 7.93. The van der Waals surface area contributed by atoms with Crippen LogP contribution < -0.4 is 4.72 Å². The minimum Gasteiger partial charge on any atom is -0.268 e. The molecule has 0 bridgehead atoms. The third-order valence-corrected chi connectivity index (χ3v) is 5.38. The monoisotopic (exact) mass is 348 g/mol. The van der Waals surface area contributed by atoms with Crippen molar-refractivity contribution in [2.45, 2.75) is 24.8 Å². The van der Waals surface area contributed by atoms with Crippen molar-refractivity contribution in [2.24, 2.45) is 0 Å². The molecule has 120 valence electrons. The number of nitrogens with one attached hydrogen (secondary N) is 1. The third kappa shape index (κ3) is 3.27. The molecular formula is C15H16N4O2S2. The molecule has 0 saturated carbocycles. The van der Waals surface area contributed by atoms with E-state index in [2.05, 4.69) is 14.8 Å².